The zero-order valence-electron chi connectivity index (χ0n) is 13.6. The van der Waals surface area contributed by atoms with Gasteiger partial charge in [-0.3, -0.25) is 4.79 Å². The number of hydrogen-bond acceptors (Lipinski definition) is 2. The van der Waals surface area contributed by atoms with Gasteiger partial charge in [-0.05, 0) is 23.5 Å². The molecule has 0 aliphatic rings. The molecule has 0 aliphatic heterocycles. The Bertz CT molecular complexity index is 490. The molecule has 1 rings (SSSR count). The fourth-order valence-corrected chi connectivity index (χ4v) is 1.94. The van der Waals surface area contributed by atoms with Gasteiger partial charge in [0.05, 0.1) is 12.6 Å². The minimum atomic E-state index is -1.71. The molecule has 3 nitrogen and oxygen atoms in total. The second-order valence-corrected chi connectivity index (χ2v) is 6.91. The standard InChI is InChI=1S/C17H25F2NO2/c1-16(2,3)13-7-5-12(6-8-13)14(9-21)20-15(22)17(4,10-18)11-19/h5-8,14,21H,9-11H2,1-4H3,(H,20,22). The molecule has 124 valence electrons. The Labute approximate surface area is 130 Å². The molecule has 1 atom stereocenters. The van der Waals surface area contributed by atoms with Gasteiger partial charge < -0.3 is 10.4 Å². The maximum absolute atomic E-state index is 12.9. The number of amides is 1. The fraction of sp³-hybridized carbons (Fsp3) is 0.588. The molecule has 0 bridgehead atoms. The maximum Gasteiger partial charge on any atom is 0.231 e. The van der Waals surface area contributed by atoms with Gasteiger partial charge in [-0.2, -0.15) is 0 Å². The quantitative estimate of drug-likeness (QED) is 0.848. The molecule has 0 heterocycles. The summed E-state index contributed by atoms with van der Waals surface area (Å²) in [4.78, 5) is 12.0. The summed E-state index contributed by atoms with van der Waals surface area (Å²) in [5.41, 5.74) is 0.108. The third kappa shape index (κ3) is 4.26. The predicted molar refractivity (Wildman–Crippen MR) is 83.2 cm³/mol. The molecule has 0 saturated carbocycles. The van der Waals surface area contributed by atoms with Crippen LogP contribution in [-0.2, 0) is 10.2 Å². The van der Waals surface area contributed by atoms with E-state index in [1.54, 1.807) is 0 Å². The first-order chi connectivity index (χ1) is 10.2. The number of aliphatic hydroxyl groups is 1. The zero-order chi connectivity index (χ0) is 17.0. The van der Waals surface area contributed by atoms with Crippen molar-refractivity contribution >= 4 is 5.91 Å². The lowest BCUT2D eigenvalue weighted by molar-refractivity contribution is -0.133. The van der Waals surface area contributed by atoms with Crippen LogP contribution >= 0.6 is 0 Å². The van der Waals surface area contributed by atoms with Crippen molar-refractivity contribution < 1.29 is 18.7 Å². The maximum atomic E-state index is 12.9. The molecule has 1 amide bonds. The number of nitrogens with one attached hydrogen (secondary N) is 1. The molecule has 0 aliphatic carbocycles. The Hall–Kier alpha value is -1.49. The highest BCUT2D eigenvalue weighted by Gasteiger charge is 2.35. The van der Waals surface area contributed by atoms with Crippen molar-refractivity contribution in [3.8, 4) is 0 Å². The van der Waals surface area contributed by atoms with Crippen LogP contribution in [0.1, 0.15) is 44.9 Å². The lowest BCUT2D eigenvalue weighted by Gasteiger charge is -2.26. The third-order valence-corrected chi connectivity index (χ3v) is 3.81. The normalized spacial score (nSPS) is 13.8. The topological polar surface area (TPSA) is 49.3 Å². The fourth-order valence-electron chi connectivity index (χ4n) is 1.94. The summed E-state index contributed by atoms with van der Waals surface area (Å²) in [7, 11) is 0. The van der Waals surface area contributed by atoms with E-state index in [1.165, 1.54) is 6.92 Å². The molecule has 0 fully saturated rings. The van der Waals surface area contributed by atoms with Crippen molar-refractivity contribution in [3.05, 3.63) is 35.4 Å². The molecular formula is C17H25F2NO2. The van der Waals surface area contributed by atoms with E-state index in [4.69, 9.17) is 0 Å². The number of halogens is 2. The smallest absolute Gasteiger partial charge is 0.231 e. The van der Waals surface area contributed by atoms with Crippen LogP contribution in [0.4, 0.5) is 8.78 Å². The molecule has 5 heteroatoms. The molecular weight excluding hydrogens is 288 g/mol. The first-order valence-electron chi connectivity index (χ1n) is 7.32. The van der Waals surface area contributed by atoms with Gasteiger partial charge in [0.2, 0.25) is 5.91 Å². The molecule has 0 radical (unpaired) electrons. The van der Waals surface area contributed by atoms with Crippen LogP contribution in [-0.4, -0.2) is 31.0 Å². The lowest BCUT2D eigenvalue weighted by Crippen LogP contribution is -2.44. The zero-order valence-corrected chi connectivity index (χ0v) is 13.6. The van der Waals surface area contributed by atoms with Crippen LogP contribution in [0.15, 0.2) is 24.3 Å². The minimum Gasteiger partial charge on any atom is -0.394 e. The van der Waals surface area contributed by atoms with E-state index in [9.17, 15) is 18.7 Å². The van der Waals surface area contributed by atoms with Crippen molar-refractivity contribution in [2.75, 3.05) is 20.0 Å². The number of hydrogen-bond donors (Lipinski definition) is 2. The van der Waals surface area contributed by atoms with E-state index in [-0.39, 0.29) is 12.0 Å². The number of alkyl halides is 2. The molecule has 22 heavy (non-hydrogen) atoms. The summed E-state index contributed by atoms with van der Waals surface area (Å²) in [6, 6.07) is 6.79. The summed E-state index contributed by atoms with van der Waals surface area (Å²) in [5.74, 6) is -0.739. The van der Waals surface area contributed by atoms with Crippen LogP contribution in [0.2, 0.25) is 0 Å². The monoisotopic (exact) mass is 313 g/mol. The first-order valence-corrected chi connectivity index (χ1v) is 7.32. The lowest BCUT2D eigenvalue weighted by atomic mass is 9.86. The van der Waals surface area contributed by atoms with E-state index in [0.29, 0.717) is 5.56 Å². The molecule has 0 aromatic heterocycles. The van der Waals surface area contributed by atoms with Crippen LogP contribution in [0.3, 0.4) is 0 Å². The largest absolute Gasteiger partial charge is 0.394 e. The second-order valence-electron chi connectivity index (χ2n) is 6.91. The Morgan fingerprint density at radius 3 is 2.00 bits per heavy atom. The minimum absolute atomic E-state index is 0.00246. The van der Waals surface area contributed by atoms with Gasteiger partial charge in [0, 0.05) is 0 Å². The number of carbonyl (C=O) groups excluding carboxylic acids is 1. The van der Waals surface area contributed by atoms with Crippen LogP contribution in [0.25, 0.3) is 0 Å². The Balaban J connectivity index is 2.91. The van der Waals surface area contributed by atoms with Crippen molar-refractivity contribution in [2.45, 2.75) is 39.2 Å². The van der Waals surface area contributed by atoms with Gasteiger partial charge in [0.1, 0.15) is 18.8 Å². The molecule has 2 N–H and O–H groups in total. The molecule has 0 saturated heterocycles. The molecule has 1 unspecified atom stereocenters. The average Bonchev–Trinajstić information content (AvgIpc) is 2.50. The summed E-state index contributed by atoms with van der Waals surface area (Å²) in [6.45, 7) is 4.96. The number of benzene rings is 1. The highest BCUT2D eigenvalue weighted by molar-refractivity contribution is 5.83. The molecule has 0 spiro atoms. The van der Waals surface area contributed by atoms with E-state index >= 15 is 0 Å². The van der Waals surface area contributed by atoms with Gasteiger partial charge in [0.15, 0.2) is 0 Å². The van der Waals surface area contributed by atoms with Gasteiger partial charge in [-0.25, -0.2) is 8.78 Å². The summed E-state index contributed by atoms with van der Waals surface area (Å²) in [6.07, 6.45) is 0. The predicted octanol–water partition coefficient (Wildman–Crippen LogP) is 3.08. The Morgan fingerprint density at radius 2 is 1.64 bits per heavy atom. The number of carbonyl (C=O) groups is 1. The van der Waals surface area contributed by atoms with E-state index in [0.717, 1.165) is 5.56 Å². The molecule has 1 aromatic rings. The van der Waals surface area contributed by atoms with Gasteiger partial charge in [0.25, 0.3) is 0 Å². The number of aliphatic hydroxyl groups excluding tert-OH is 1. The molecule has 1 aromatic carbocycles. The highest BCUT2D eigenvalue weighted by Crippen LogP contribution is 2.25. The average molecular weight is 313 g/mol. The SMILES string of the molecule is CC(CF)(CF)C(=O)NC(CO)c1ccc(C(C)(C)C)cc1. The van der Waals surface area contributed by atoms with Gasteiger partial charge >= 0.3 is 0 Å². The summed E-state index contributed by atoms with van der Waals surface area (Å²) in [5, 5.41) is 12.0. The third-order valence-electron chi connectivity index (χ3n) is 3.81. The van der Waals surface area contributed by atoms with Crippen molar-refractivity contribution in [2.24, 2.45) is 5.41 Å². The first kappa shape index (κ1) is 18.6. The summed E-state index contributed by atoms with van der Waals surface area (Å²) < 4.78 is 25.7. The Kier molecular flexibility index (Phi) is 6.06. The van der Waals surface area contributed by atoms with E-state index < -0.39 is 30.7 Å². The van der Waals surface area contributed by atoms with Gasteiger partial charge in [-0.1, -0.05) is 45.0 Å². The van der Waals surface area contributed by atoms with Crippen LogP contribution < -0.4 is 5.32 Å². The Morgan fingerprint density at radius 1 is 1.14 bits per heavy atom. The highest BCUT2D eigenvalue weighted by atomic mass is 19.1. The van der Waals surface area contributed by atoms with Crippen molar-refractivity contribution in [1.82, 2.24) is 5.32 Å². The van der Waals surface area contributed by atoms with Crippen LogP contribution in [0, 0.1) is 5.41 Å². The summed E-state index contributed by atoms with van der Waals surface area (Å²) >= 11 is 0. The number of rotatable bonds is 6. The van der Waals surface area contributed by atoms with Crippen LogP contribution in [0.5, 0.6) is 0 Å². The van der Waals surface area contributed by atoms with Crippen molar-refractivity contribution in [3.63, 3.8) is 0 Å². The van der Waals surface area contributed by atoms with Gasteiger partial charge in [-0.15, -0.1) is 0 Å². The van der Waals surface area contributed by atoms with E-state index in [2.05, 4.69) is 26.1 Å². The second kappa shape index (κ2) is 7.18. The van der Waals surface area contributed by atoms with E-state index in [1.807, 2.05) is 24.3 Å². The van der Waals surface area contributed by atoms with Crippen molar-refractivity contribution in [1.29, 1.82) is 0 Å².